The molecule has 0 N–H and O–H groups in total. The Morgan fingerprint density at radius 1 is 1.13 bits per heavy atom. The zero-order valence-corrected chi connectivity index (χ0v) is 15.2. The highest BCUT2D eigenvalue weighted by Crippen LogP contribution is 2.48. The van der Waals surface area contributed by atoms with Crippen LogP contribution in [0.15, 0.2) is 42.5 Å². The monoisotopic (exact) mass is 334 g/mol. The van der Waals surface area contributed by atoms with Crippen molar-refractivity contribution < 1.29 is 13.9 Å². The minimum Gasteiger partial charge on any atom is -0.467 e. The van der Waals surface area contributed by atoms with Crippen molar-refractivity contribution in [2.75, 3.05) is 13.9 Å². The van der Waals surface area contributed by atoms with Gasteiger partial charge in [0, 0.05) is 23.1 Å². The lowest BCUT2D eigenvalue weighted by Crippen LogP contribution is -2.21. The van der Waals surface area contributed by atoms with Gasteiger partial charge in [0.05, 0.1) is 0 Å². The molecule has 0 spiro atoms. The smallest absolute Gasteiger partial charge is 0.188 e. The van der Waals surface area contributed by atoms with Gasteiger partial charge in [-0.15, -0.1) is 0 Å². The third-order valence-corrected chi connectivity index (χ3v) is 5.97. The summed E-state index contributed by atoms with van der Waals surface area (Å²) >= 11 is 0. The predicted octanol–water partition coefficient (Wildman–Crippen LogP) is 4.75. The van der Waals surface area contributed by atoms with Gasteiger partial charge in [-0.1, -0.05) is 58.8 Å². The van der Waals surface area contributed by atoms with Crippen molar-refractivity contribution in [1.82, 2.24) is 0 Å². The average molecular weight is 334 g/mol. The first-order valence-electron chi connectivity index (χ1n) is 7.76. The van der Waals surface area contributed by atoms with Crippen LogP contribution in [0.3, 0.4) is 0 Å². The first-order chi connectivity index (χ1) is 11.0. The number of benzene rings is 2. The Morgan fingerprint density at radius 3 is 2.52 bits per heavy atom. The van der Waals surface area contributed by atoms with Crippen molar-refractivity contribution in [3.05, 3.63) is 59.4 Å². The van der Waals surface area contributed by atoms with Crippen LogP contribution >= 0.6 is 8.58 Å². The van der Waals surface area contributed by atoms with Crippen LogP contribution in [-0.4, -0.2) is 13.9 Å². The molecule has 0 bridgehead atoms. The van der Waals surface area contributed by atoms with Gasteiger partial charge in [-0.05, 0) is 25.0 Å². The molecular formula is C19H24FO2P. The fourth-order valence-corrected chi connectivity index (χ4v) is 4.09. The maximum atomic E-state index is 14.1. The van der Waals surface area contributed by atoms with Crippen molar-refractivity contribution in [3.63, 3.8) is 0 Å². The van der Waals surface area contributed by atoms with Gasteiger partial charge >= 0.3 is 0 Å². The summed E-state index contributed by atoms with van der Waals surface area (Å²) in [5, 5.41) is 0.577. The van der Waals surface area contributed by atoms with Gasteiger partial charge in [0.15, 0.2) is 6.79 Å². The number of rotatable bonds is 7. The molecular weight excluding hydrogens is 310 g/mol. The van der Waals surface area contributed by atoms with E-state index in [1.54, 1.807) is 13.2 Å². The molecule has 0 fully saturated rings. The molecule has 0 saturated carbocycles. The van der Waals surface area contributed by atoms with Crippen molar-refractivity contribution in [1.29, 1.82) is 0 Å². The van der Waals surface area contributed by atoms with E-state index in [1.165, 1.54) is 6.07 Å². The molecule has 0 saturated heterocycles. The Kier molecular flexibility index (Phi) is 6.15. The zero-order valence-electron chi connectivity index (χ0n) is 14.2. The first kappa shape index (κ1) is 17.9. The molecule has 0 aliphatic carbocycles. The molecule has 2 unspecified atom stereocenters. The van der Waals surface area contributed by atoms with Crippen LogP contribution in [0.2, 0.25) is 0 Å². The van der Waals surface area contributed by atoms with E-state index in [-0.39, 0.29) is 17.8 Å². The number of hydrogen-bond acceptors (Lipinski definition) is 2. The molecule has 4 heteroatoms. The van der Waals surface area contributed by atoms with Crippen LogP contribution in [0, 0.1) is 12.7 Å². The van der Waals surface area contributed by atoms with E-state index in [2.05, 4.69) is 19.9 Å². The number of halogens is 1. The maximum absolute atomic E-state index is 14.1. The van der Waals surface area contributed by atoms with Crippen molar-refractivity contribution >= 4 is 13.9 Å². The standard InChI is InChI=1S/C19H24FO2P/c1-5-19(3,23-17-12-7-6-11-16(17)20)15-10-8-9-14(2)18(15)22-13-21-4/h6-12,23H,5,13H2,1-4H3. The van der Waals surface area contributed by atoms with E-state index in [4.69, 9.17) is 9.47 Å². The second-order valence-corrected chi connectivity index (χ2v) is 7.69. The quantitative estimate of drug-likeness (QED) is 0.537. The number of hydrogen-bond donors (Lipinski definition) is 0. The van der Waals surface area contributed by atoms with E-state index in [0.29, 0.717) is 8.58 Å². The van der Waals surface area contributed by atoms with Gasteiger partial charge in [-0.25, -0.2) is 4.39 Å². The van der Waals surface area contributed by atoms with E-state index in [0.717, 1.165) is 28.6 Å². The largest absolute Gasteiger partial charge is 0.467 e. The van der Waals surface area contributed by atoms with Crippen LogP contribution in [0.25, 0.3) is 0 Å². The Balaban J connectivity index is 2.43. The van der Waals surface area contributed by atoms with Gasteiger partial charge in [-0.3, -0.25) is 0 Å². The lowest BCUT2D eigenvalue weighted by Gasteiger charge is -2.31. The summed E-state index contributed by atoms with van der Waals surface area (Å²) in [6.45, 7) is 6.54. The second kappa shape index (κ2) is 7.90. The van der Waals surface area contributed by atoms with Crippen LogP contribution in [-0.2, 0) is 9.89 Å². The van der Waals surface area contributed by atoms with Gasteiger partial charge < -0.3 is 9.47 Å². The highest BCUT2D eigenvalue weighted by Gasteiger charge is 2.30. The molecule has 2 rings (SSSR count). The summed E-state index contributed by atoms with van der Waals surface area (Å²) < 4.78 is 25.0. The average Bonchev–Trinajstić information content (AvgIpc) is 2.55. The summed E-state index contributed by atoms with van der Waals surface area (Å²) in [5.74, 6) is 0.708. The van der Waals surface area contributed by atoms with Crippen LogP contribution in [0.4, 0.5) is 4.39 Å². The number of aryl methyl sites for hydroxylation is 1. The summed E-state index contributed by atoms with van der Waals surface area (Å²) in [5.41, 5.74) is 2.18. The van der Waals surface area contributed by atoms with Crippen molar-refractivity contribution in [3.8, 4) is 5.75 Å². The fraction of sp³-hybridized carbons (Fsp3) is 0.368. The van der Waals surface area contributed by atoms with Crippen molar-refractivity contribution in [2.24, 2.45) is 0 Å². The fourth-order valence-electron chi connectivity index (χ4n) is 2.60. The topological polar surface area (TPSA) is 18.5 Å². The second-order valence-electron chi connectivity index (χ2n) is 5.79. The Bertz CT molecular complexity index is 660. The molecule has 0 aliphatic rings. The van der Waals surface area contributed by atoms with Crippen molar-refractivity contribution in [2.45, 2.75) is 32.3 Å². The number of para-hydroxylation sites is 1. The minimum atomic E-state index is -0.183. The molecule has 2 atom stereocenters. The summed E-state index contributed by atoms with van der Waals surface area (Å²) in [6.07, 6.45) is 0.895. The third kappa shape index (κ3) is 4.10. The molecule has 23 heavy (non-hydrogen) atoms. The summed E-state index contributed by atoms with van der Waals surface area (Å²) in [6, 6.07) is 13.1. The zero-order chi connectivity index (χ0) is 16.9. The van der Waals surface area contributed by atoms with E-state index < -0.39 is 0 Å². The lowest BCUT2D eigenvalue weighted by molar-refractivity contribution is 0.0495. The van der Waals surface area contributed by atoms with Gasteiger partial charge in [0.25, 0.3) is 0 Å². The predicted molar refractivity (Wildman–Crippen MR) is 95.7 cm³/mol. The van der Waals surface area contributed by atoms with Gasteiger partial charge in [0.1, 0.15) is 11.6 Å². The van der Waals surface area contributed by atoms with Gasteiger partial charge in [0.2, 0.25) is 0 Å². The third-order valence-electron chi connectivity index (χ3n) is 4.12. The van der Waals surface area contributed by atoms with Gasteiger partial charge in [-0.2, -0.15) is 0 Å². The number of methoxy groups -OCH3 is 1. The molecule has 2 nitrogen and oxygen atoms in total. The maximum Gasteiger partial charge on any atom is 0.188 e. The van der Waals surface area contributed by atoms with Crippen LogP contribution in [0.1, 0.15) is 31.4 Å². The summed E-state index contributed by atoms with van der Waals surface area (Å²) in [4.78, 5) is 0. The molecule has 0 aliphatic heterocycles. The van der Waals surface area contributed by atoms with E-state index in [9.17, 15) is 4.39 Å². The molecule has 0 aromatic heterocycles. The normalized spacial score (nSPS) is 14.1. The SMILES string of the molecule is CCC(C)(Pc1ccccc1F)c1cccc(C)c1OCOC. The van der Waals surface area contributed by atoms with Crippen LogP contribution < -0.4 is 10.0 Å². The highest BCUT2D eigenvalue weighted by molar-refractivity contribution is 7.48. The molecule has 0 heterocycles. The molecule has 0 radical (unpaired) electrons. The molecule has 2 aromatic carbocycles. The Hall–Kier alpha value is -1.44. The van der Waals surface area contributed by atoms with E-state index >= 15 is 0 Å². The highest BCUT2D eigenvalue weighted by atomic mass is 31.1. The Morgan fingerprint density at radius 2 is 1.87 bits per heavy atom. The first-order valence-corrected chi connectivity index (χ1v) is 8.76. The molecule has 2 aromatic rings. The Labute approximate surface area is 139 Å². The summed E-state index contributed by atoms with van der Waals surface area (Å²) in [7, 11) is 1.94. The minimum absolute atomic E-state index is 0.141. The van der Waals surface area contributed by atoms with Crippen LogP contribution in [0.5, 0.6) is 5.75 Å². The number of ether oxygens (including phenoxy) is 2. The molecule has 124 valence electrons. The molecule has 0 amide bonds. The van der Waals surface area contributed by atoms with E-state index in [1.807, 2.05) is 31.2 Å². The lowest BCUT2D eigenvalue weighted by atomic mass is 9.94.